The Hall–Kier alpha value is -2.61. The molecule has 1 N–H and O–H groups in total. The lowest BCUT2D eigenvalue weighted by molar-refractivity contribution is 1.31. The van der Waals surface area contributed by atoms with Crippen molar-refractivity contribution in [2.75, 3.05) is 5.32 Å². The summed E-state index contributed by atoms with van der Waals surface area (Å²) >= 11 is 7.39. The summed E-state index contributed by atoms with van der Waals surface area (Å²) in [6.07, 6.45) is 1.73. The summed E-state index contributed by atoms with van der Waals surface area (Å²) in [5.74, 6) is 0. The molecule has 3 nitrogen and oxygen atoms in total. The van der Waals surface area contributed by atoms with Crippen molar-refractivity contribution in [1.29, 1.82) is 5.26 Å². The number of nitriles is 1. The zero-order valence-electron chi connectivity index (χ0n) is 14.8. The van der Waals surface area contributed by atoms with Crippen molar-refractivity contribution in [2.24, 2.45) is 0 Å². The average Bonchev–Trinajstić information content (AvgIpc) is 3.07. The number of nitrogens with one attached hydrogen (secondary N) is 1. The Bertz CT molecular complexity index is 987. The molecule has 26 heavy (non-hydrogen) atoms. The van der Waals surface area contributed by atoms with Gasteiger partial charge in [0.15, 0.2) is 0 Å². The fraction of sp³-hybridized carbons (Fsp3) is 0.143. The van der Waals surface area contributed by atoms with Crippen LogP contribution in [0.4, 0.5) is 5.69 Å². The van der Waals surface area contributed by atoms with Crippen molar-refractivity contribution in [3.63, 3.8) is 0 Å². The second-order valence-corrected chi connectivity index (χ2v) is 7.43. The number of anilines is 1. The lowest BCUT2D eigenvalue weighted by Gasteiger charge is -2.11. The highest BCUT2D eigenvalue weighted by Gasteiger charge is 2.10. The van der Waals surface area contributed by atoms with Gasteiger partial charge < -0.3 is 5.32 Å². The molecule has 0 fully saturated rings. The summed E-state index contributed by atoms with van der Waals surface area (Å²) in [5, 5.41) is 16.2. The van der Waals surface area contributed by atoms with Crippen LogP contribution in [0.25, 0.3) is 16.8 Å². The molecule has 0 aliphatic heterocycles. The second-order valence-electron chi connectivity index (χ2n) is 6.13. The zero-order chi connectivity index (χ0) is 18.7. The lowest BCUT2D eigenvalue weighted by atomic mass is 10.1. The third-order valence-electron chi connectivity index (χ3n) is 4.03. The Morgan fingerprint density at radius 3 is 2.42 bits per heavy atom. The highest BCUT2D eigenvalue weighted by molar-refractivity contribution is 7.11. The molecule has 0 aliphatic rings. The first-order valence-corrected chi connectivity index (χ1v) is 9.40. The minimum atomic E-state index is 0.509. The number of rotatable bonds is 4. The molecule has 5 heteroatoms. The average molecular weight is 380 g/mol. The Kier molecular flexibility index (Phi) is 5.41. The largest absolute Gasteiger partial charge is 0.360 e. The fourth-order valence-electron chi connectivity index (χ4n) is 2.84. The van der Waals surface area contributed by atoms with Crippen LogP contribution in [0.3, 0.4) is 0 Å². The molecule has 1 heterocycles. The molecular weight excluding hydrogens is 362 g/mol. The third kappa shape index (κ3) is 3.96. The molecule has 130 valence electrons. The van der Waals surface area contributed by atoms with Crippen molar-refractivity contribution in [2.45, 2.75) is 20.8 Å². The van der Waals surface area contributed by atoms with Crippen LogP contribution in [-0.4, -0.2) is 4.98 Å². The van der Waals surface area contributed by atoms with Gasteiger partial charge in [-0.1, -0.05) is 41.4 Å². The number of aromatic nitrogens is 1. The molecular formula is C21H18ClN3S. The van der Waals surface area contributed by atoms with Gasteiger partial charge >= 0.3 is 0 Å². The van der Waals surface area contributed by atoms with E-state index in [4.69, 9.17) is 11.6 Å². The molecule has 0 saturated carbocycles. The van der Waals surface area contributed by atoms with Crippen LogP contribution in [0.5, 0.6) is 0 Å². The third-order valence-corrected chi connectivity index (χ3v) is 5.16. The number of hydrogen-bond acceptors (Lipinski definition) is 4. The molecule has 0 amide bonds. The van der Waals surface area contributed by atoms with E-state index in [-0.39, 0.29) is 0 Å². The van der Waals surface area contributed by atoms with Gasteiger partial charge in [-0.3, -0.25) is 0 Å². The van der Waals surface area contributed by atoms with E-state index in [2.05, 4.69) is 49.3 Å². The van der Waals surface area contributed by atoms with Crippen LogP contribution in [0.1, 0.15) is 21.7 Å². The Morgan fingerprint density at radius 2 is 1.81 bits per heavy atom. The number of aryl methyl sites for hydroxylation is 3. The minimum Gasteiger partial charge on any atom is -0.360 e. The van der Waals surface area contributed by atoms with E-state index >= 15 is 0 Å². The van der Waals surface area contributed by atoms with Crippen LogP contribution in [0.2, 0.25) is 5.02 Å². The molecule has 3 aromatic rings. The maximum Gasteiger partial charge on any atom is 0.136 e. The predicted molar refractivity (Wildman–Crippen MR) is 110 cm³/mol. The maximum absolute atomic E-state index is 9.55. The van der Waals surface area contributed by atoms with Crippen LogP contribution in [0.15, 0.2) is 48.0 Å². The monoisotopic (exact) mass is 379 g/mol. The maximum atomic E-state index is 9.55. The summed E-state index contributed by atoms with van der Waals surface area (Å²) in [6, 6.07) is 14.0. The van der Waals surface area contributed by atoms with Crippen LogP contribution < -0.4 is 5.32 Å². The second kappa shape index (κ2) is 7.74. The number of allylic oxidation sites excluding steroid dienone is 1. The fourth-order valence-corrected chi connectivity index (χ4v) is 3.77. The summed E-state index contributed by atoms with van der Waals surface area (Å²) in [7, 11) is 0. The molecule has 3 rings (SSSR count). The number of hydrogen-bond donors (Lipinski definition) is 1. The van der Waals surface area contributed by atoms with Gasteiger partial charge in [0.1, 0.15) is 16.6 Å². The number of thiazole rings is 1. The van der Waals surface area contributed by atoms with Crippen molar-refractivity contribution >= 4 is 34.2 Å². The van der Waals surface area contributed by atoms with Gasteiger partial charge in [-0.2, -0.15) is 5.26 Å². The van der Waals surface area contributed by atoms with E-state index in [0.29, 0.717) is 15.6 Å². The summed E-state index contributed by atoms with van der Waals surface area (Å²) in [6.45, 7) is 6.20. The number of nitrogens with zero attached hydrogens (tertiary/aromatic N) is 2. The van der Waals surface area contributed by atoms with Gasteiger partial charge in [0.25, 0.3) is 0 Å². The van der Waals surface area contributed by atoms with Crippen molar-refractivity contribution in [3.05, 3.63) is 74.7 Å². The lowest BCUT2D eigenvalue weighted by Crippen LogP contribution is -1.97. The minimum absolute atomic E-state index is 0.509. The standard InChI is InChI=1S/C21H18ClN3S/c1-13-8-14(2)20(15(3)9-13)24-11-17(10-23)21-25-19(12-26-21)16-4-6-18(22)7-5-16/h4-9,11-12,24H,1-3H3/b17-11+. The van der Waals surface area contributed by atoms with Crippen molar-refractivity contribution in [1.82, 2.24) is 4.98 Å². The van der Waals surface area contributed by atoms with E-state index in [1.807, 2.05) is 29.6 Å². The number of benzene rings is 2. The van der Waals surface area contributed by atoms with Crippen molar-refractivity contribution in [3.8, 4) is 17.3 Å². The van der Waals surface area contributed by atoms with Crippen LogP contribution >= 0.6 is 22.9 Å². The molecule has 2 aromatic carbocycles. The highest BCUT2D eigenvalue weighted by Crippen LogP contribution is 2.28. The Morgan fingerprint density at radius 1 is 1.15 bits per heavy atom. The van der Waals surface area contributed by atoms with E-state index < -0.39 is 0 Å². The molecule has 0 atom stereocenters. The Labute approximate surface area is 162 Å². The van der Waals surface area contributed by atoms with Crippen LogP contribution in [0, 0.1) is 32.1 Å². The predicted octanol–water partition coefficient (Wildman–Crippen LogP) is 6.37. The van der Waals surface area contributed by atoms with E-state index in [1.54, 1.807) is 6.20 Å². The zero-order valence-corrected chi connectivity index (χ0v) is 16.4. The van der Waals surface area contributed by atoms with Gasteiger partial charge in [-0.25, -0.2) is 4.98 Å². The Balaban J connectivity index is 1.87. The molecule has 0 aliphatic carbocycles. The first-order chi connectivity index (χ1) is 12.5. The first-order valence-electron chi connectivity index (χ1n) is 8.14. The summed E-state index contributed by atoms with van der Waals surface area (Å²) < 4.78 is 0. The molecule has 1 aromatic heterocycles. The molecule has 0 saturated heterocycles. The molecule has 0 radical (unpaired) electrons. The van der Waals surface area contributed by atoms with E-state index in [9.17, 15) is 5.26 Å². The summed E-state index contributed by atoms with van der Waals surface area (Å²) in [5.41, 5.74) is 6.88. The van der Waals surface area contributed by atoms with Gasteiger partial charge in [-0.15, -0.1) is 11.3 Å². The van der Waals surface area contributed by atoms with Crippen molar-refractivity contribution < 1.29 is 0 Å². The normalized spacial score (nSPS) is 11.3. The number of halogens is 1. The molecule has 0 unspecified atom stereocenters. The first kappa shape index (κ1) is 18.2. The summed E-state index contributed by atoms with van der Waals surface area (Å²) in [4.78, 5) is 4.60. The van der Waals surface area contributed by atoms with Gasteiger partial charge in [-0.05, 0) is 44.0 Å². The van der Waals surface area contributed by atoms with Crippen LogP contribution in [-0.2, 0) is 0 Å². The molecule has 0 spiro atoms. The molecule has 0 bridgehead atoms. The SMILES string of the molecule is Cc1cc(C)c(N/C=C(\C#N)c2nc(-c3ccc(Cl)cc3)cs2)c(C)c1. The topological polar surface area (TPSA) is 48.7 Å². The van der Waals surface area contributed by atoms with E-state index in [1.165, 1.54) is 16.9 Å². The quantitative estimate of drug-likeness (QED) is 0.536. The van der Waals surface area contributed by atoms with Gasteiger partial charge in [0.05, 0.1) is 5.69 Å². The van der Waals surface area contributed by atoms with Gasteiger partial charge in [0.2, 0.25) is 0 Å². The van der Waals surface area contributed by atoms with Gasteiger partial charge in [0, 0.05) is 27.9 Å². The van der Waals surface area contributed by atoms with E-state index in [0.717, 1.165) is 28.1 Å². The smallest absolute Gasteiger partial charge is 0.136 e. The highest BCUT2D eigenvalue weighted by atomic mass is 35.5.